The number of unbranched alkanes of at least 4 members (excludes halogenated alkanes) is 1. The van der Waals surface area contributed by atoms with Crippen LogP contribution in [-0.2, 0) is 11.2 Å². The van der Waals surface area contributed by atoms with Crippen LogP contribution < -0.4 is 9.47 Å². The van der Waals surface area contributed by atoms with E-state index in [-0.39, 0.29) is 23.6 Å². The molecule has 2 aromatic carbocycles. The number of fused-ring (bicyclic) bond motifs is 1. The van der Waals surface area contributed by atoms with E-state index in [0.717, 1.165) is 60.5 Å². The Balaban J connectivity index is 1.34. The molecule has 2 aromatic rings. The van der Waals surface area contributed by atoms with Crippen LogP contribution in [0.1, 0.15) is 87.4 Å². The molecule has 5 heteroatoms. The minimum atomic E-state index is -1.70. The Bertz CT molecular complexity index is 1300. The van der Waals surface area contributed by atoms with Gasteiger partial charge in [0.1, 0.15) is 25.2 Å². The third-order valence-corrected chi connectivity index (χ3v) is 10.8. The molecule has 41 heavy (non-hydrogen) atoms. The normalized spacial score (nSPS) is 29.9. The molecule has 4 fully saturated rings. The molecular weight excluding hydrogens is 522 g/mol. The van der Waals surface area contributed by atoms with Crippen molar-refractivity contribution >= 4 is 14.0 Å². The van der Waals surface area contributed by atoms with Crippen molar-refractivity contribution in [2.45, 2.75) is 108 Å². The number of amides is 1. The zero-order valence-corrected chi connectivity index (χ0v) is 26.7. The third-order valence-electron chi connectivity index (χ3n) is 9.95. The highest BCUT2D eigenvalue weighted by molar-refractivity contribution is 6.84. The minimum absolute atomic E-state index is 0.0317. The molecule has 5 aliphatic rings. The van der Waals surface area contributed by atoms with Gasteiger partial charge in [-0.25, -0.2) is 0 Å². The molecule has 0 unspecified atom stereocenters. The first kappa shape index (κ1) is 28.4. The van der Waals surface area contributed by atoms with Crippen molar-refractivity contribution in [3.05, 3.63) is 59.2 Å². The van der Waals surface area contributed by atoms with Gasteiger partial charge in [-0.2, -0.15) is 0 Å². The summed E-state index contributed by atoms with van der Waals surface area (Å²) in [6, 6.07) is 15.0. The minimum Gasteiger partial charge on any atom is -0.497 e. The van der Waals surface area contributed by atoms with Gasteiger partial charge >= 0.3 is 0 Å². The summed E-state index contributed by atoms with van der Waals surface area (Å²) in [5.41, 5.74) is 6.95. The molecule has 1 aliphatic heterocycles. The van der Waals surface area contributed by atoms with E-state index in [1.165, 1.54) is 49.7 Å². The second-order valence-electron chi connectivity index (χ2n) is 14.5. The third kappa shape index (κ3) is 5.96. The van der Waals surface area contributed by atoms with Crippen molar-refractivity contribution in [1.82, 2.24) is 4.90 Å². The molecule has 7 rings (SSSR count). The van der Waals surface area contributed by atoms with E-state index in [1.54, 1.807) is 7.11 Å². The van der Waals surface area contributed by atoms with Gasteiger partial charge in [-0.15, -0.1) is 5.54 Å². The topological polar surface area (TPSA) is 38.8 Å². The molecule has 0 aromatic heterocycles. The Morgan fingerprint density at radius 2 is 1.61 bits per heavy atom. The molecular formula is C36H47NO3Si. The van der Waals surface area contributed by atoms with Crippen molar-refractivity contribution in [1.29, 1.82) is 0 Å². The van der Waals surface area contributed by atoms with Crippen LogP contribution in [0.15, 0.2) is 42.5 Å². The van der Waals surface area contributed by atoms with E-state index in [2.05, 4.69) is 79.3 Å². The number of methoxy groups -OCH3 is 1. The van der Waals surface area contributed by atoms with Gasteiger partial charge in [-0.1, -0.05) is 57.6 Å². The maximum Gasteiger partial charge on any atom is 0.298 e. The van der Waals surface area contributed by atoms with Crippen molar-refractivity contribution < 1.29 is 14.3 Å². The lowest BCUT2D eigenvalue weighted by atomic mass is 9.54. The molecule has 4 saturated carbocycles. The van der Waals surface area contributed by atoms with Gasteiger partial charge in [0.2, 0.25) is 0 Å². The predicted molar refractivity (Wildman–Crippen MR) is 168 cm³/mol. The molecule has 0 N–H and O–H groups in total. The Labute approximate surface area is 248 Å². The smallest absolute Gasteiger partial charge is 0.298 e. The van der Waals surface area contributed by atoms with Crippen LogP contribution in [0.2, 0.25) is 19.6 Å². The molecule has 4 nitrogen and oxygen atoms in total. The van der Waals surface area contributed by atoms with E-state index in [1.807, 2.05) is 6.07 Å². The van der Waals surface area contributed by atoms with Gasteiger partial charge in [0.05, 0.1) is 13.2 Å². The summed E-state index contributed by atoms with van der Waals surface area (Å²) in [6.45, 7) is 8.80. The molecule has 218 valence electrons. The number of hydrogen-bond donors (Lipinski definition) is 0. The molecule has 0 radical (unpaired) electrons. The second-order valence-corrected chi connectivity index (χ2v) is 19.2. The molecule has 0 spiro atoms. The highest BCUT2D eigenvalue weighted by Gasteiger charge is 2.52. The first-order valence-electron chi connectivity index (χ1n) is 16.0. The standard InChI is InChI=1S/C36H47NO3Si/c1-6-7-8-30-20-29-21-32(39-2)13-14-33(29)35(37(30)34(38)15-16-41(3,4)5)28-9-11-31(12-10-28)40-36-22-25-17-26(23-36)19-27(18-25)24-36/h9-14,21,25-27,30,35H,6-8,17-20,22-24H2,1-5H3/t25?,26?,27?,30-,35-,36?/m0/s1. The van der Waals surface area contributed by atoms with Gasteiger partial charge < -0.3 is 14.4 Å². The van der Waals surface area contributed by atoms with Crippen LogP contribution in [0.3, 0.4) is 0 Å². The number of hydrogen-bond acceptors (Lipinski definition) is 3. The highest BCUT2D eigenvalue weighted by atomic mass is 28.3. The van der Waals surface area contributed by atoms with Crippen LogP contribution in [0.5, 0.6) is 11.5 Å². The van der Waals surface area contributed by atoms with Gasteiger partial charge in [0.15, 0.2) is 0 Å². The zero-order chi connectivity index (χ0) is 28.8. The van der Waals surface area contributed by atoms with Crippen LogP contribution in [0.4, 0.5) is 0 Å². The summed E-state index contributed by atoms with van der Waals surface area (Å²) in [4.78, 5) is 16.0. The Hall–Kier alpha value is -2.71. The fraction of sp³-hybridized carbons (Fsp3) is 0.583. The van der Waals surface area contributed by atoms with Crippen molar-refractivity contribution in [2.75, 3.05) is 7.11 Å². The molecule has 1 amide bonds. The van der Waals surface area contributed by atoms with Crippen molar-refractivity contribution in [3.63, 3.8) is 0 Å². The van der Waals surface area contributed by atoms with E-state index < -0.39 is 8.07 Å². The average Bonchev–Trinajstić information content (AvgIpc) is 2.92. The van der Waals surface area contributed by atoms with Gasteiger partial charge in [-0.3, -0.25) is 4.79 Å². The monoisotopic (exact) mass is 569 g/mol. The van der Waals surface area contributed by atoms with Crippen LogP contribution in [-0.4, -0.2) is 37.6 Å². The molecule has 2 atom stereocenters. The molecule has 4 bridgehead atoms. The number of benzene rings is 2. The summed E-state index contributed by atoms with van der Waals surface area (Å²) >= 11 is 0. The maximum atomic E-state index is 13.9. The maximum absolute atomic E-state index is 13.9. The first-order chi connectivity index (χ1) is 19.6. The van der Waals surface area contributed by atoms with Crippen LogP contribution in [0.25, 0.3) is 0 Å². The first-order valence-corrected chi connectivity index (χ1v) is 19.5. The van der Waals surface area contributed by atoms with Crippen molar-refractivity contribution in [3.8, 4) is 23.0 Å². The fourth-order valence-electron chi connectivity index (χ4n) is 8.60. The summed E-state index contributed by atoms with van der Waals surface area (Å²) in [6.07, 6.45) is 11.9. The lowest BCUT2D eigenvalue weighted by Crippen LogP contribution is -2.53. The Morgan fingerprint density at radius 1 is 0.976 bits per heavy atom. The summed E-state index contributed by atoms with van der Waals surface area (Å²) in [5.74, 6) is 7.46. The average molecular weight is 570 g/mol. The van der Waals surface area contributed by atoms with Crippen molar-refractivity contribution in [2.24, 2.45) is 17.8 Å². The summed E-state index contributed by atoms with van der Waals surface area (Å²) in [5, 5.41) is 0. The quantitative estimate of drug-likeness (QED) is 0.251. The lowest BCUT2D eigenvalue weighted by Gasteiger charge is -2.56. The molecule has 0 saturated heterocycles. The Morgan fingerprint density at radius 3 is 2.20 bits per heavy atom. The number of carbonyl (C=O) groups excluding carboxylic acids is 1. The van der Waals surface area contributed by atoms with Crippen LogP contribution >= 0.6 is 0 Å². The summed E-state index contributed by atoms with van der Waals surface area (Å²) < 4.78 is 12.5. The van der Waals surface area contributed by atoms with E-state index >= 15 is 0 Å². The fourth-order valence-corrected chi connectivity index (χ4v) is 9.08. The number of carbonyl (C=O) groups is 1. The van der Waals surface area contributed by atoms with E-state index in [9.17, 15) is 4.79 Å². The molecule has 1 heterocycles. The number of nitrogens with zero attached hydrogens (tertiary/aromatic N) is 1. The Kier molecular flexibility index (Phi) is 7.74. The van der Waals surface area contributed by atoms with Gasteiger partial charge in [0, 0.05) is 6.04 Å². The van der Waals surface area contributed by atoms with E-state index in [0.29, 0.717) is 0 Å². The van der Waals surface area contributed by atoms with Gasteiger partial charge in [-0.05, 0) is 116 Å². The van der Waals surface area contributed by atoms with E-state index in [4.69, 9.17) is 9.47 Å². The van der Waals surface area contributed by atoms with Gasteiger partial charge in [0.25, 0.3) is 5.91 Å². The number of ether oxygens (including phenoxy) is 2. The molecule has 4 aliphatic carbocycles. The SMILES string of the molecule is CCCC[C@H]1Cc2cc(OC)ccc2[C@H](c2ccc(OC34CC5CC(CC(C5)C3)C4)cc2)N1C(=O)C#C[Si](C)(C)C. The number of rotatable bonds is 7. The largest absolute Gasteiger partial charge is 0.497 e. The zero-order valence-electron chi connectivity index (χ0n) is 25.7. The second kappa shape index (κ2) is 11.2. The predicted octanol–water partition coefficient (Wildman–Crippen LogP) is 7.96. The lowest BCUT2D eigenvalue weighted by molar-refractivity contribution is -0.130. The summed E-state index contributed by atoms with van der Waals surface area (Å²) in [7, 11) is 0.0231. The van der Waals surface area contributed by atoms with Crippen LogP contribution in [0, 0.1) is 29.2 Å². The highest BCUT2D eigenvalue weighted by Crippen LogP contribution is 2.57.